The van der Waals surface area contributed by atoms with E-state index in [1.54, 1.807) is 12.3 Å². The lowest BCUT2D eigenvalue weighted by Gasteiger charge is -2.18. The number of ether oxygens (including phenoxy) is 2. The predicted octanol–water partition coefficient (Wildman–Crippen LogP) is 4.44. The molecule has 4 rings (SSSR count). The fraction of sp³-hybridized carbons (Fsp3) is 0.348. The molecule has 2 aromatic carbocycles. The highest BCUT2D eigenvalue weighted by molar-refractivity contribution is 8.02. The van der Waals surface area contributed by atoms with Crippen LogP contribution in [-0.2, 0) is 14.4 Å². The normalized spacial score (nSPS) is 17.7. The van der Waals surface area contributed by atoms with E-state index in [1.807, 2.05) is 32.9 Å². The Labute approximate surface area is 187 Å². The second kappa shape index (κ2) is 8.91. The van der Waals surface area contributed by atoms with E-state index in [4.69, 9.17) is 9.47 Å². The number of anilines is 3. The largest absolute Gasteiger partial charge is 0.486 e. The maximum absolute atomic E-state index is 13.9. The molecule has 2 atom stereocenters. The van der Waals surface area contributed by atoms with Gasteiger partial charge in [-0.05, 0) is 55.5 Å². The lowest BCUT2D eigenvalue weighted by Crippen LogP contribution is -2.17. The summed E-state index contributed by atoms with van der Waals surface area (Å²) in [7, 11) is -2.32. The zero-order valence-corrected chi connectivity index (χ0v) is 19.4. The van der Waals surface area contributed by atoms with Crippen molar-refractivity contribution in [3.63, 3.8) is 0 Å². The molecule has 3 aromatic rings. The molecular formula is C23H27FN4O3S. The van der Waals surface area contributed by atoms with Gasteiger partial charge in [0.1, 0.15) is 29.8 Å². The van der Waals surface area contributed by atoms with Gasteiger partial charge in [0.05, 0.1) is 24.4 Å². The number of benzene rings is 2. The predicted molar refractivity (Wildman–Crippen MR) is 128 cm³/mol. The molecule has 32 heavy (non-hydrogen) atoms. The van der Waals surface area contributed by atoms with Crippen molar-refractivity contribution in [2.75, 3.05) is 29.5 Å². The molecule has 7 nitrogen and oxygen atoms in total. The first-order valence-electron chi connectivity index (χ1n) is 10.4. The van der Waals surface area contributed by atoms with Gasteiger partial charge < -0.3 is 19.5 Å². The fourth-order valence-corrected chi connectivity index (χ4v) is 4.25. The molecule has 170 valence electrons. The fourth-order valence-electron chi connectivity index (χ4n) is 3.48. The number of nitrogens with zero attached hydrogens (tertiary/aromatic N) is 2. The number of fused-ring (bicyclic) bond motifs is 1. The Kier molecular flexibility index (Phi) is 6.21. The molecule has 2 heterocycles. The van der Waals surface area contributed by atoms with Crippen LogP contribution < -0.4 is 14.8 Å². The van der Waals surface area contributed by atoms with Crippen LogP contribution in [0, 0.1) is 12.7 Å². The molecule has 1 fully saturated rings. The number of hydrogen-bond donors (Lipinski definition) is 2. The summed E-state index contributed by atoms with van der Waals surface area (Å²) in [5.41, 5.74) is 2.93. The van der Waals surface area contributed by atoms with Crippen molar-refractivity contribution >= 4 is 42.7 Å². The van der Waals surface area contributed by atoms with Gasteiger partial charge in [0, 0.05) is 39.5 Å². The minimum absolute atomic E-state index is 0.113. The molecule has 9 heteroatoms. The molecule has 1 aromatic heterocycles. The SMILES string of the molecule is CC(C)=S(C)(=O)Nc1cc(C)c2c(Nc3ccc(F)cc3OC3CCOC3)ncnc2c1. The van der Waals surface area contributed by atoms with Crippen molar-refractivity contribution in [2.24, 2.45) is 0 Å². The van der Waals surface area contributed by atoms with Gasteiger partial charge in [-0.1, -0.05) is 0 Å². The van der Waals surface area contributed by atoms with Crippen LogP contribution in [-0.4, -0.2) is 44.6 Å². The maximum atomic E-state index is 13.9. The summed E-state index contributed by atoms with van der Waals surface area (Å²) in [4.78, 5) is 9.63. The molecule has 0 bridgehead atoms. The van der Waals surface area contributed by atoms with Crippen LogP contribution in [0.3, 0.4) is 0 Å². The number of halogens is 1. The summed E-state index contributed by atoms with van der Waals surface area (Å²) in [6.07, 6.45) is 3.79. The summed E-state index contributed by atoms with van der Waals surface area (Å²) < 4.78 is 41.1. The maximum Gasteiger partial charge on any atom is 0.146 e. The molecule has 0 radical (unpaired) electrons. The van der Waals surface area contributed by atoms with Gasteiger partial charge in [-0.25, -0.2) is 18.6 Å². The first-order valence-corrected chi connectivity index (χ1v) is 12.3. The van der Waals surface area contributed by atoms with Gasteiger partial charge in [0.15, 0.2) is 0 Å². The summed E-state index contributed by atoms with van der Waals surface area (Å²) >= 11 is 0. The second-order valence-electron chi connectivity index (χ2n) is 8.13. The Bertz CT molecular complexity index is 1280. The number of aryl methyl sites for hydroxylation is 1. The van der Waals surface area contributed by atoms with Crippen LogP contribution in [0.2, 0.25) is 0 Å². The summed E-state index contributed by atoms with van der Waals surface area (Å²) in [5, 5.41) is 4.10. The number of rotatable bonds is 6. The van der Waals surface area contributed by atoms with Gasteiger partial charge in [0.25, 0.3) is 0 Å². The molecule has 1 aliphatic rings. The Hall–Kier alpha value is -2.91. The molecule has 1 saturated heterocycles. The van der Waals surface area contributed by atoms with Gasteiger partial charge in [0.2, 0.25) is 0 Å². The molecule has 0 amide bonds. The summed E-state index contributed by atoms with van der Waals surface area (Å²) in [6, 6.07) is 8.13. The second-order valence-corrected chi connectivity index (χ2v) is 10.8. The highest BCUT2D eigenvalue weighted by Crippen LogP contribution is 2.34. The van der Waals surface area contributed by atoms with Crippen LogP contribution in [0.25, 0.3) is 10.9 Å². The molecular weight excluding hydrogens is 431 g/mol. The zero-order chi connectivity index (χ0) is 22.9. The van der Waals surface area contributed by atoms with Crippen LogP contribution in [0.4, 0.5) is 21.6 Å². The van der Waals surface area contributed by atoms with E-state index in [0.29, 0.717) is 36.0 Å². The van der Waals surface area contributed by atoms with E-state index in [1.165, 1.54) is 18.5 Å². The third-order valence-corrected chi connectivity index (χ3v) is 7.59. The molecule has 2 unspecified atom stereocenters. The van der Waals surface area contributed by atoms with Crippen molar-refractivity contribution in [1.82, 2.24) is 9.97 Å². The van der Waals surface area contributed by atoms with Gasteiger partial charge >= 0.3 is 0 Å². The monoisotopic (exact) mass is 458 g/mol. The van der Waals surface area contributed by atoms with Crippen molar-refractivity contribution in [3.8, 4) is 5.75 Å². The van der Waals surface area contributed by atoms with E-state index in [9.17, 15) is 8.60 Å². The van der Waals surface area contributed by atoms with Crippen LogP contribution in [0.15, 0.2) is 36.7 Å². The first-order chi connectivity index (χ1) is 15.2. The van der Waals surface area contributed by atoms with E-state index in [2.05, 4.69) is 20.0 Å². The van der Waals surface area contributed by atoms with Crippen molar-refractivity contribution < 1.29 is 18.1 Å². The van der Waals surface area contributed by atoms with Gasteiger partial charge in [-0.2, -0.15) is 0 Å². The van der Waals surface area contributed by atoms with Gasteiger partial charge in [-0.3, -0.25) is 0 Å². The standard InChI is InChI=1S/C23H27FN4O3S/c1-14(2)32(4,29)28-17-9-15(3)22-20(11-17)25-13-26-23(22)27-19-6-5-16(24)10-21(19)31-18-7-8-30-12-18/h5-6,9-11,13,18H,7-8,12H2,1-4H3,(H,28,29)(H,25,26,27). The van der Waals surface area contributed by atoms with E-state index < -0.39 is 9.71 Å². The Morgan fingerprint density at radius 2 is 2.06 bits per heavy atom. The average molecular weight is 459 g/mol. The lowest BCUT2D eigenvalue weighted by molar-refractivity contribution is 0.141. The summed E-state index contributed by atoms with van der Waals surface area (Å²) in [6.45, 7) is 6.74. The molecule has 0 aliphatic carbocycles. The third-order valence-electron chi connectivity index (χ3n) is 5.41. The third kappa shape index (κ3) is 4.78. The van der Waals surface area contributed by atoms with Gasteiger partial charge in [-0.15, -0.1) is 0 Å². The highest BCUT2D eigenvalue weighted by atomic mass is 32.2. The Morgan fingerprint density at radius 1 is 1.25 bits per heavy atom. The van der Waals surface area contributed by atoms with Crippen molar-refractivity contribution in [2.45, 2.75) is 33.3 Å². The van der Waals surface area contributed by atoms with E-state index in [0.717, 1.165) is 27.9 Å². The molecule has 0 saturated carbocycles. The Morgan fingerprint density at radius 3 is 2.78 bits per heavy atom. The van der Waals surface area contributed by atoms with E-state index >= 15 is 0 Å². The first kappa shape index (κ1) is 22.3. The lowest BCUT2D eigenvalue weighted by atomic mass is 10.1. The van der Waals surface area contributed by atoms with Crippen LogP contribution >= 0.6 is 0 Å². The Balaban J connectivity index is 1.70. The summed E-state index contributed by atoms with van der Waals surface area (Å²) in [5.74, 6) is 0.603. The zero-order valence-electron chi connectivity index (χ0n) is 18.6. The average Bonchev–Trinajstić information content (AvgIpc) is 3.22. The number of hydrogen-bond acceptors (Lipinski definition) is 6. The quantitative estimate of drug-likeness (QED) is 0.531. The van der Waals surface area contributed by atoms with E-state index in [-0.39, 0.29) is 11.9 Å². The molecule has 1 aliphatic heterocycles. The number of aromatic nitrogens is 2. The minimum Gasteiger partial charge on any atom is -0.486 e. The molecule has 0 spiro atoms. The smallest absolute Gasteiger partial charge is 0.146 e. The van der Waals surface area contributed by atoms with Crippen LogP contribution in [0.5, 0.6) is 5.75 Å². The molecule has 2 N–H and O–H groups in total. The van der Waals surface area contributed by atoms with Crippen LogP contribution in [0.1, 0.15) is 25.8 Å². The van der Waals surface area contributed by atoms with Crippen molar-refractivity contribution in [1.29, 1.82) is 0 Å². The van der Waals surface area contributed by atoms with Crippen molar-refractivity contribution in [3.05, 3.63) is 48.0 Å². The topological polar surface area (TPSA) is 85.4 Å². The minimum atomic E-state index is -2.32. The number of nitrogens with one attached hydrogen (secondary N) is 2. The highest BCUT2D eigenvalue weighted by Gasteiger charge is 2.20.